The molecule has 1 aromatic rings. The average Bonchev–Trinajstić information content (AvgIpc) is 2.94. The van der Waals surface area contributed by atoms with Crippen molar-refractivity contribution in [2.45, 2.75) is 19.3 Å². The van der Waals surface area contributed by atoms with Crippen molar-refractivity contribution in [2.75, 3.05) is 23.3 Å². The molecule has 0 radical (unpaired) electrons. The van der Waals surface area contributed by atoms with E-state index >= 15 is 0 Å². The summed E-state index contributed by atoms with van der Waals surface area (Å²) in [7, 11) is 0. The minimum Gasteiger partial charge on any atom is -0.352 e. The number of anilines is 2. The maximum atomic E-state index is 11.7. The van der Waals surface area contributed by atoms with Gasteiger partial charge in [0.2, 0.25) is 17.7 Å². The number of hydrogen-bond donors (Lipinski definition) is 2. The third-order valence-corrected chi connectivity index (χ3v) is 3.37. The van der Waals surface area contributed by atoms with E-state index in [2.05, 4.69) is 17.2 Å². The first-order valence-electron chi connectivity index (χ1n) is 7.20. The molecule has 2 N–H and O–H groups in total. The zero-order chi connectivity index (χ0) is 15.9. The lowest BCUT2D eigenvalue weighted by Crippen LogP contribution is -2.26. The first kappa shape index (κ1) is 15.8. The molecule has 0 spiro atoms. The first-order valence-corrected chi connectivity index (χ1v) is 7.20. The fourth-order valence-corrected chi connectivity index (χ4v) is 2.24. The van der Waals surface area contributed by atoms with Gasteiger partial charge in [0, 0.05) is 37.3 Å². The SMILES string of the molecule is C=CC(=O)NCCC(=O)Nc1ccc(N2CCCC2=O)cc1. The van der Waals surface area contributed by atoms with Gasteiger partial charge in [-0.25, -0.2) is 0 Å². The average molecular weight is 301 g/mol. The van der Waals surface area contributed by atoms with Crippen LogP contribution >= 0.6 is 0 Å². The highest BCUT2D eigenvalue weighted by molar-refractivity contribution is 5.96. The van der Waals surface area contributed by atoms with Crippen molar-refractivity contribution >= 4 is 29.1 Å². The van der Waals surface area contributed by atoms with Gasteiger partial charge in [0.05, 0.1) is 0 Å². The van der Waals surface area contributed by atoms with E-state index in [4.69, 9.17) is 0 Å². The summed E-state index contributed by atoms with van der Waals surface area (Å²) >= 11 is 0. The van der Waals surface area contributed by atoms with E-state index in [0.717, 1.165) is 24.7 Å². The highest BCUT2D eigenvalue weighted by atomic mass is 16.2. The number of rotatable bonds is 6. The van der Waals surface area contributed by atoms with Crippen molar-refractivity contribution in [3.63, 3.8) is 0 Å². The number of amides is 3. The fourth-order valence-electron chi connectivity index (χ4n) is 2.24. The quantitative estimate of drug-likeness (QED) is 0.781. The normalized spacial score (nSPS) is 13.8. The molecule has 1 aliphatic heterocycles. The number of carbonyl (C=O) groups is 3. The molecule has 1 saturated heterocycles. The van der Waals surface area contributed by atoms with Crippen LogP contribution in [0.15, 0.2) is 36.9 Å². The van der Waals surface area contributed by atoms with E-state index in [9.17, 15) is 14.4 Å². The van der Waals surface area contributed by atoms with Gasteiger partial charge in [-0.15, -0.1) is 0 Å². The molecule has 0 aromatic heterocycles. The van der Waals surface area contributed by atoms with Crippen LogP contribution in [0.25, 0.3) is 0 Å². The first-order chi connectivity index (χ1) is 10.6. The minimum atomic E-state index is -0.299. The van der Waals surface area contributed by atoms with Gasteiger partial charge in [-0.05, 0) is 36.8 Å². The molecule has 1 heterocycles. The van der Waals surface area contributed by atoms with Crippen LogP contribution in [0.5, 0.6) is 0 Å². The highest BCUT2D eigenvalue weighted by Crippen LogP contribution is 2.22. The van der Waals surface area contributed by atoms with Crippen LogP contribution in [0.4, 0.5) is 11.4 Å². The third kappa shape index (κ3) is 4.18. The summed E-state index contributed by atoms with van der Waals surface area (Å²) in [5, 5.41) is 5.28. The van der Waals surface area contributed by atoms with Gasteiger partial charge < -0.3 is 15.5 Å². The van der Waals surface area contributed by atoms with E-state index in [0.29, 0.717) is 12.1 Å². The third-order valence-electron chi connectivity index (χ3n) is 3.37. The Hall–Kier alpha value is -2.63. The van der Waals surface area contributed by atoms with E-state index < -0.39 is 0 Å². The van der Waals surface area contributed by atoms with Crippen LogP contribution in [-0.2, 0) is 14.4 Å². The molecule has 3 amide bonds. The van der Waals surface area contributed by atoms with E-state index in [1.807, 2.05) is 12.1 Å². The van der Waals surface area contributed by atoms with Crippen molar-refractivity contribution in [3.8, 4) is 0 Å². The van der Waals surface area contributed by atoms with Crippen LogP contribution in [-0.4, -0.2) is 30.8 Å². The molecule has 116 valence electrons. The molecule has 1 aliphatic rings. The van der Waals surface area contributed by atoms with Crippen LogP contribution < -0.4 is 15.5 Å². The zero-order valence-corrected chi connectivity index (χ0v) is 12.3. The Morgan fingerprint density at radius 2 is 2.00 bits per heavy atom. The summed E-state index contributed by atoms with van der Waals surface area (Å²) in [6.45, 7) is 4.34. The smallest absolute Gasteiger partial charge is 0.243 e. The molecule has 6 nitrogen and oxygen atoms in total. The Bertz CT molecular complexity index is 581. The molecule has 0 saturated carbocycles. The van der Waals surface area contributed by atoms with E-state index in [1.54, 1.807) is 17.0 Å². The molecule has 0 aliphatic carbocycles. The molecular formula is C16H19N3O3. The van der Waals surface area contributed by atoms with Gasteiger partial charge in [0.1, 0.15) is 0 Å². The molecule has 2 rings (SSSR count). The number of benzene rings is 1. The van der Waals surface area contributed by atoms with Crippen molar-refractivity contribution in [1.29, 1.82) is 0 Å². The van der Waals surface area contributed by atoms with Crippen LogP contribution in [0.3, 0.4) is 0 Å². The van der Waals surface area contributed by atoms with Crippen LogP contribution in [0.2, 0.25) is 0 Å². The Kier molecular flexibility index (Phi) is 5.30. The van der Waals surface area contributed by atoms with Gasteiger partial charge in [0.25, 0.3) is 0 Å². The predicted molar refractivity (Wildman–Crippen MR) is 84.5 cm³/mol. The topological polar surface area (TPSA) is 78.5 Å². The van der Waals surface area contributed by atoms with E-state index in [1.165, 1.54) is 0 Å². The Balaban J connectivity index is 1.83. The lowest BCUT2D eigenvalue weighted by molar-refractivity contribution is -0.118. The number of nitrogens with one attached hydrogen (secondary N) is 2. The van der Waals surface area contributed by atoms with Gasteiger partial charge in [0.15, 0.2) is 0 Å². The summed E-state index contributed by atoms with van der Waals surface area (Å²) < 4.78 is 0. The molecule has 22 heavy (non-hydrogen) atoms. The maximum Gasteiger partial charge on any atom is 0.243 e. The fraction of sp³-hybridized carbons (Fsp3) is 0.312. The van der Waals surface area contributed by atoms with Gasteiger partial charge >= 0.3 is 0 Å². The van der Waals surface area contributed by atoms with E-state index in [-0.39, 0.29) is 30.7 Å². The summed E-state index contributed by atoms with van der Waals surface area (Å²) in [5.74, 6) is -0.350. The van der Waals surface area contributed by atoms with Crippen LogP contribution in [0, 0.1) is 0 Å². The molecule has 6 heteroatoms. The van der Waals surface area contributed by atoms with Gasteiger partial charge in [-0.2, -0.15) is 0 Å². The summed E-state index contributed by atoms with van der Waals surface area (Å²) in [4.78, 5) is 36.1. The lowest BCUT2D eigenvalue weighted by atomic mass is 10.2. The number of nitrogens with zero attached hydrogens (tertiary/aromatic N) is 1. The van der Waals surface area contributed by atoms with Crippen molar-refractivity contribution in [1.82, 2.24) is 5.32 Å². The monoisotopic (exact) mass is 301 g/mol. The Morgan fingerprint density at radius 1 is 1.27 bits per heavy atom. The largest absolute Gasteiger partial charge is 0.352 e. The van der Waals surface area contributed by atoms with Crippen molar-refractivity contribution < 1.29 is 14.4 Å². The van der Waals surface area contributed by atoms with Crippen LogP contribution in [0.1, 0.15) is 19.3 Å². The summed E-state index contributed by atoms with van der Waals surface area (Å²) in [5.41, 5.74) is 1.51. The molecule has 0 bridgehead atoms. The van der Waals surface area contributed by atoms with Gasteiger partial charge in [-0.1, -0.05) is 6.58 Å². The van der Waals surface area contributed by atoms with Crippen molar-refractivity contribution in [2.24, 2.45) is 0 Å². The molecular weight excluding hydrogens is 282 g/mol. The second-order valence-electron chi connectivity index (χ2n) is 4.99. The Morgan fingerprint density at radius 3 is 2.59 bits per heavy atom. The standard InChI is InChI=1S/C16H19N3O3/c1-2-14(20)17-10-9-15(21)18-12-5-7-13(8-6-12)19-11-3-4-16(19)22/h2,5-8H,1,3-4,9-11H2,(H,17,20)(H,18,21). The van der Waals surface area contributed by atoms with Gasteiger partial charge in [-0.3, -0.25) is 14.4 Å². The number of hydrogen-bond acceptors (Lipinski definition) is 3. The summed E-state index contributed by atoms with van der Waals surface area (Å²) in [6, 6.07) is 7.17. The second-order valence-corrected chi connectivity index (χ2v) is 4.99. The Labute approximate surface area is 129 Å². The lowest BCUT2D eigenvalue weighted by Gasteiger charge is -2.16. The molecule has 0 unspecified atom stereocenters. The molecule has 1 fully saturated rings. The highest BCUT2D eigenvalue weighted by Gasteiger charge is 2.21. The maximum absolute atomic E-state index is 11.7. The van der Waals surface area contributed by atoms with Crippen molar-refractivity contribution in [3.05, 3.63) is 36.9 Å². The zero-order valence-electron chi connectivity index (χ0n) is 12.3. The number of carbonyl (C=O) groups excluding carboxylic acids is 3. The summed E-state index contributed by atoms with van der Waals surface area (Å²) in [6.07, 6.45) is 2.82. The molecule has 0 atom stereocenters. The molecule has 1 aromatic carbocycles. The minimum absolute atomic E-state index is 0.134. The second kappa shape index (κ2) is 7.40. The predicted octanol–water partition coefficient (Wildman–Crippen LogP) is 1.44.